The number of rotatable bonds is 3. The molecular formula is C14H20N2O2. The van der Waals surface area contributed by atoms with Gasteiger partial charge in [-0.3, -0.25) is 9.78 Å². The Morgan fingerprint density at radius 1 is 1.39 bits per heavy atom. The maximum Gasteiger partial charge on any atom is 0.228 e. The number of carbonyl (C=O) groups excluding carboxylic acids is 1. The molecule has 1 aromatic rings. The van der Waals surface area contributed by atoms with E-state index in [1.54, 1.807) is 6.20 Å². The number of aliphatic hydroxyl groups is 1. The average molecular weight is 248 g/mol. The van der Waals surface area contributed by atoms with Gasteiger partial charge in [0, 0.05) is 25.0 Å². The van der Waals surface area contributed by atoms with Gasteiger partial charge in [-0.1, -0.05) is 6.07 Å². The minimum absolute atomic E-state index is 0.107. The van der Waals surface area contributed by atoms with Crippen LogP contribution in [0.25, 0.3) is 0 Å². The second kappa shape index (κ2) is 5.96. The number of hydrogen-bond donors (Lipinski definition) is 1. The first-order valence-corrected chi connectivity index (χ1v) is 6.50. The Morgan fingerprint density at radius 3 is 2.72 bits per heavy atom. The molecule has 1 aliphatic rings. The monoisotopic (exact) mass is 248 g/mol. The zero-order valence-electron chi connectivity index (χ0n) is 10.7. The molecule has 0 spiro atoms. The number of pyridine rings is 1. The van der Waals surface area contributed by atoms with Crippen molar-refractivity contribution in [1.29, 1.82) is 0 Å². The Morgan fingerprint density at radius 2 is 2.11 bits per heavy atom. The van der Waals surface area contributed by atoms with E-state index in [0.717, 1.165) is 31.4 Å². The molecule has 1 amide bonds. The van der Waals surface area contributed by atoms with Gasteiger partial charge in [-0.25, -0.2) is 0 Å². The molecule has 1 heterocycles. The highest BCUT2D eigenvalue weighted by molar-refractivity contribution is 5.78. The van der Waals surface area contributed by atoms with Crippen molar-refractivity contribution in [2.24, 2.45) is 0 Å². The van der Waals surface area contributed by atoms with Crippen molar-refractivity contribution in [1.82, 2.24) is 9.88 Å². The Labute approximate surface area is 108 Å². The summed E-state index contributed by atoms with van der Waals surface area (Å²) >= 11 is 0. The van der Waals surface area contributed by atoms with Gasteiger partial charge in [-0.2, -0.15) is 0 Å². The SMILES string of the molecule is CN(C(=O)Cc1ccccn1)C1CCC(O)CC1. The highest BCUT2D eigenvalue weighted by Gasteiger charge is 2.25. The summed E-state index contributed by atoms with van der Waals surface area (Å²) in [5, 5.41) is 9.47. The quantitative estimate of drug-likeness (QED) is 0.879. The molecule has 0 unspecified atom stereocenters. The van der Waals surface area contributed by atoms with Gasteiger partial charge in [-0.15, -0.1) is 0 Å². The normalized spacial score (nSPS) is 23.7. The number of amides is 1. The summed E-state index contributed by atoms with van der Waals surface area (Å²) in [6, 6.07) is 5.88. The number of carbonyl (C=O) groups is 1. The molecule has 98 valence electrons. The maximum atomic E-state index is 12.1. The summed E-state index contributed by atoms with van der Waals surface area (Å²) in [6.07, 6.45) is 5.27. The van der Waals surface area contributed by atoms with E-state index in [2.05, 4.69) is 4.98 Å². The Hall–Kier alpha value is -1.42. The fraction of sp³-hybridized carbons (Fsp3) is 0.571. The summed E-state index contributed by atoms with van der Waals surface area (Å²) in [7, 11) is 1.85. The van der Waals surface area contributed by atoms with Crippen LogP contribution in [0.15, 0.2) is 24.4 Å². The van der Waals surface area contributed by atoms with Crippen LogP contribution in [-0.2, 0) is 11.2 Å². The third-order valence-corrected chi connectivity index (χ3v) is 3.67. The average Bonchev–Trinajstić information content (AvgIpc) is 2.40. The van der Waals surface area contributed by atoms with E-state index in [-0.39, 0.29) is 18.1 Å². The fourth-order valence-corrected chi connectivity index (χ4v) is 2.43. The van der Waals surface area contributed by atoms with Crippen molar-refractivity contribution in [3.8, 4) is 0 Å². The highest BCUT2D eigenvalue weighted by Crippen LogP contribution is 2.22. The minimum Gasteiger partial charge on any atom is -0.393 e. The highest BCUT2D eigenvalue weighted by atomic mass is 16.3. The van der Waals surface area contributed by atoms with Crippen molar-refractivity contribution in [3.05, 3.63) is 30.1 Å². The molecule has 1 N–H and O–H groups in total. The van der Waals surface area contributed by atoms with E-state index in [1.165, 1.54) is 0 Å². The van der Waals surface area contributed by atoms with Crippen LogP contribution >= 0.6 is 0 Å². The zero-order chi connectivity index (χ0) is 13.0. The molecule has 18 heavy (non-hydrogen) atoms. The predicted octanol–water partition coefficient (Wildman–Crippen LogP) is 1.39. The standard InChI is InChI=1S/C14H20N2O2/c1-16(12-5-7-13(17)8-6-12)14(18)10-11-4-2-3-9-15-11/h2-4,9,12-13,17H,5-8,10H2,1H3. The van der Waals surface area contributed by atoms with E-state index in [0.29, 0.717) is 6.42 Å². The van der Waals surface area contributed by atoms with Crippen LogP contribution in [0.3, 0.4) is 0 Å². The molecule has 4 heteroatoms. The molecule has 1 aromatic heterocycles. The summed E-state index contributed by atoms with van der Waals surface area (Å²) in [4.78, 5) is 18.1. The number of hydrogen-bond acceptors (Lipinski definition) is 3. The van der Waals surface area contributed by atoms with Crippen LogP contribution in [0.1, 0.15) is 31.4 Å². The van der Waals surface area contributed by atoms with Crippen LogP contribution in [0.5, 0.6) is 0 Å². The molecule has 0 aromatic carbocycles. The largest absolute Gasteiger partial charge is 0.393 e. The lowest BCUT2D eigenvalue weighted by Gasteiger charge is -2.33. The van der Waals surface area contributed by atoms with Gasteiger partial charge < -0.3 is 10.0 Å². The first kappa shape index (κ1) is 13.0. The zero-order valence-corrected chi connectivity index (χ0v) is 10.7. The van der Waals surface area contributed by atoms with Crippen LogP contribution in [-0.4, -0.2) is 40.1 Å². The lowest BCUT2D eigenvalue weighted by atomic mass is 9.92. The molecule has 4 nitrogen and oxygen atoms in total. The van der Waals surface area contributed by atoms with Gasteiger partial charge >= 0.3 is 0 Å². The third-order valence-electron chi connectivity index (χ3n) is 3.67. The summed E-state index contributed by atoms with van der Waals surface area (Å²) in [5.74, 6) is 0.107. The van der Waals surface area contributed by atoms with Gasteiger partial charge in [0.1, 0.15) is 0 Å². The topological polar surface area (TPSA) is 53.4 Å². The number of likely N-dealkylation sites (N-methyl/N-ethyl adjacent to an activating group) is 1. The Kier molecular flexibility index (Phi) is 4.31. The smallest absolute Gasteiger partial charge is 0.228 e. The molecular weight excluding hydrogens is 228 g/mol. The van der Waals surface area contributed by atoms with E-state index >= 15 is 0 Å². The van der Waals surface area contributed by atoms with Crippen molar-refractivity contribution < 1.29 is 9.90 Å². The van der Waals surface area contributed by atoms with Gasteiger partial charge in [0.05, 0.1) is 12.5 Å². The van der Waals surface area contributed by atoms with Crippen molar-refractivity contribution in [2.45, 2.75) is 44.2 Å². The predicted molar refractivity (Wildman–Crippen MR) is 69.0 cm³/mol. The van der Waals surface area contributed by atoms with Gasteiger partial charge in [-0.05, 0) is 37.8 Å². The lowest BCUT2D eigenvalue weighted by molar-refractivity contribution is -0.132. The molecule has 0 radical (unpaired) electrons. The molecule has 0 atom stereocenters. The van der Waals surface area contributed by atoms with E-state index in [1.807, 2.05) is 30.1 Å². The molecule has 2 rings (SSSR count). The fourth-order valence-electron chi connectivity index (χ4n) is 2.43. The number of aliphatic hydroxyl groups excluding tert-OH is 1. The summed E-state index contributed by atoms with van der Waals surface area (Å²) in [5.41, 5.74) is 0.810. The summed E-state index contributed by atoms with van der Waals surface area (Å²) < 4.78 is 0. The van der Waals surface area contributed by atoms with Crippen molar-refractivity contribution >= 4 is 5.91 Å². The van der Waals surface area contributed by atoms with Gasteiger partial charge in [0.25, 0.3) is 0 Å². The second-order valence-electron chi connectivity index (χ2n) is 4.96. The molecule has 1 aliphatic carbocycles. The van der Waals surface area contributed by atoms with Crippen molar-refractivity contribution in [3.63, 3.8) is 0 Å². The first-order valence-electron chi connectivity index (χ1n) is 6.50. The molecule has 0 aliphatic heterocycles. The van der Waals surface area contributed by atoms with E-state index in [9.17, 15) is 9.90 Å². The van der Waals surface area contributed by atoms with Crippen LogP contribution in [0.4, 0.5) is 0 Å². The summed E-state index contributed by atoms with van der Waals surface area (Å²) in [6.45, 7) is 0. The lowest BCUT2D eigenvalue weighted by Crippen LogP contribution is -2.41. The van der Waals surface area contributed by atoms with E-state index in [4.69, 9.17) is 0 Å². The number of nitrogens with zero attached hydrogens (tertiary/aromatic N) is 2. The third kappa shape index (κ3) is 3.29. The van der Waals surface area contributed by atoms with Crippen LogP contribution in [0, 0.1) is 0 Å². The molecule has 1 fully saturated rings. The van der Waals surface area contributed by atoms with Crippen LogP contribution < -0.4 is 0 Å². The van der Waals surface area contributed by atoms with Crippen LogP contribution in [0.2, 0.25) is 0 Å². The Balaban J connectivity index is 1.89. The van der Waals surface area contributed by atoms with E-state index < -0.39 is 0 Å². The maximum absolute atomic E-state index is 12.1. The van der Waals surface area contributed by atoms with Gasteiger partial charge in [0.2, 0.25) is 5.91 Å². The molecule has 0 saturated heterocycles. The second-order valence-corrected chi connectivity index (χ2v) is 4.96. The first-order chi connectivity index (χ1) is 8.66. The van der Waals surface area contributed by atoms with Gasteiger partial charge in [0.15, 0.2) is 0 Å². The minimum atomic E-state index is -0.180. The molecule has 1 saturated carbocycles. The van der Waals surface area contributed by atoms with Crippen molar-refractivity contribution in [2.75, 3.05) is 7.05 Å². The number of aromatic nitrogens is 1. The Bertz CT molecular complexity index is 386. The molecule has 0 bridgehead atoms.